The zero-order valence-corrected chi connectivity index (χ0v) is 17.6. The van der Waals surface area contributed by atoms with Crippen molar-refractivity contribution in [2.75, 3.05) is 25.1 Å². The number of hydrogen-bond donors (Lipinski definition) is 0. The fourth-order valence-corrected chi connectivity index (χ4v) is 4.17. The SMILES string of the molecule is COc1ccccc1C1=C(N2CCC(C)CC2)C(=O)N(c2ccc(F)c(Cl)c2)C1=O. The molecule has 2 aliphatic rings. The van der Waals surface area contributed by atoms with Crippen LogP contribution in [0.4, 0.5) is 10.1 Å². The number of anilines is 1. The molecule has 0 unspecified atom stereocenters. The lowest BCUT2D eigenvalue weighted by atomic mass is 9.97. The van der Waals surface area contributed by atoms with Gasteiger partial charge in [-0.05, 0) is 43.0 Å². The molecule has 156 valence electrons. The number of imide groups is 1. The van der Waals surface area contributed by atoms with Crippen LogP contribution in [-0.2, 0) is 9.59 Å². The molecule has 0 aliphatic carbocycles. The summed E-state index contributed by atoms with van der Waals surface area (Å²) < 4.78 is 19.1. The molecule has 0 atom stereocenters. The summed E-state index contributed by atoms with van der Waals surface area (Å²) in [6.07, 6.45) is 1.87. The molecule has 5 nitrogen and oxygen atoms in total. The second-order valence-electron chi connectivity index (χ2n) is 7.64. The number of para-hydroxylation sites is 1. The summed E-state index contributed by atoms with van der Waals surface area (Å²) in [4.78, 5) is 30.1. The molecule has 0 bridgehead atoms. The number of likely N-dealkylation sites (tertiary alicyclic amines) is 1. The Labute approximate surface area is 179 Å². The summed E-state index contributed by atoms with van der Waals surface area (Å²) in [5, 5.41) is -0.146. The van der Waals surface area contributed by atoms with Gasteiger partial charge < -0.3 is 9.64 Å². The molecule has 1 saturated heterocycles. The fourth-order valence-electron chi connectivity index (χ4n) is 4.00. The molecule has 2 amide bonds. The first-order chi connectivity index (χ1) is 14.4. The smallest absolute Gasteiger partial charge is 0.282 e. The highest BCUT2D eigenvalue weighted by molar-refractivity contribution is 6.46. The van der Waals surface area contributed by atoms with Crippen LogP contribution < -0.4 is 9.64 Å². The van der Waals surface area contributed by atoms with Gasteiger partial charge in [0.15, 0.2) is 0 Å². The Morgan fingerprint density at radius 3 is 2.43 bits per heavy atom. The van der Waals surface area contributed by atoms with E-state index in [0.29, 0.717) is 41.6 Å². The summed E-state index contributed by atoms with van der Waals surface area (Å²) in [6.45, 7) is 3.56. The molecule has 0 radical (unpaired) electrons. The van der Waals surface area contributed by atoms with Crippen LogP contribution in [0.15, 0.2) is 48.2 Å². The van der Waals surface area contributed by atoms with Crippen LogP contribution in [0.2, 0.25) is 5.02 Å². The van der Waals surface area contributed by atoms with Crippen LogP contribution >= 0.6 is 11.6 Å². The highest BCUT2D eigenvalue weighted by Gasteiger charge is 2.43. The molecule has 30 heavy (non-hydrogen) atoms. The van der Waals surface area contributed by atoms with Crippen molar-refractivity contribution in [1.29, 1.82) is 0 Å². The Kier molecular flexibility index (Phi) is 5.52. The van der Waals surface area contributed by atoms with Crippen molar-refractivity contribution < 1.29 is 18.7 Å². The average Bonchev–Trinajstić information content (AvgIpc) is 3.00. The largest absolute Gasteiger partial charge is 0.496 e. The predicted octanol–water partition coefficient (Wildman–Crippen LogP) is 4.50. The van der Waals surface area contributed by atoms with E-state index in [4.69, 9.17) is 16.3 Å². The number of halogens is 2. The Balaban J connectivity index is 1.85. The van der Waals surface area contributed by atoms with Crippen LogP contribution in [0.3, 0.4) is 0 Å². The van der Waals surface area contributed by atoms with Crippen molar-refractivity contribution in [2.45, 2.75) is 19.8 Å². The lowest BCUT2D eigenvalue weighted by Crippen LogP contribution is -2.38. The summed E-state index contributed by atoms with van der Waals surface area (Å²) in [7, 11) is 1.53. The van der Waals surface area contributed by atoms with E-state index in [1.54, 1.807) is 18.2 Å². The number of nitrogens with zero attached hydrogens (tertiary/aromatic N) is 2. The minimum absolute atomic E-state index is 0.146. The third-order valence-corrected chi connectivity index (χ3v) is 5.99. The van der Waals surface area contributed by atoms with E-state index in [-0.39, 0.29) is 10.7 Å². The van der Waals surface area contributed by atoms with Crippen molar-refractivity contribution in [2.24, 2.45) is 5.92 Å². The standard InChI is InChI=1S/C23H22ClFN2O3/c1-14-9-11-26(12-10-14)21-20(16-5-3-4-6-19(16)30-2)22(28)27(23(21)29)15-7-8-18(25)17(24)13-15/h3-8,13-14H,9-12H2,1-2H3. The fraction of sp³-hybridized carbons (Fsp3) is 0.304. The van der Waals surface area contributed by atoms with Gasteiger partial charge in [0.1, 0.15) is 17.3 Å². The maximum atomic E-state index is 13.7. The van der Waals surface area contributed by atoms with Gasteiger partial charge in [-0.2, -0.15) is 0 Å². The van der Waals surface area contributed by atoms with E-state index in [1.807, 2.05) is 11.0 Å². The van der Waals surface area contributed by atoms with Gasteiger partial charge in [-0.25, -0.2) is 9.29 Å². The van der Waals surface area contributed by atoms with Crippen molar-refractivity contribution in [3.05, 3.63) is 64.6 Å². The highest BCUT2D eigenvalue weighted by atomic mass is 35.5. The van der Waals surface area contributed by atoms with E-state index in [0.717, 1.165) is 23.8 Å². The van der Waals surface area contributed by atoms with Crippen molar-refractivity contribution in [1.82, 2.24) is 4.90 Å². The topological polar surface area (TPSA) is 49.9 Å². The zero-order valence-electron chi connectivity index (χ0n) is 16.8. The van der Waals surface area contributed by atoms with E-state index in [9.17, 15) is 14.0 Å². The molecule has 2 aromatic carbocycles. The average molecular weight is 429 g/mol. The van der Waals surface area contributed by atoms with Gasteiger partial charge in [0.05, 0.1) is 23.4 Å². The van der Waals surface area contributed by atoms with E-state index < -0.39 is 17.6 Å². The van der Waals surface area contributed by atoms with Crippen molar-refractivity contribution in [3.63, 3.8) is 0 Å². The predicted molar refractivity (Wildman–Crippen MR) is 114 cm³/mol. The molecule has 2 heterocycles. The van der Waals surface area contributed by atoms with Crippen LogP contribution in [0, 0.1) is 11.7 Å². The minimum Gasteiger partial charge on any atom is -0.496 e. The van der Waals surface area contributed by atoms with Crippen LogP contribution in [0.1, 0.15) is 25.3 Å². The molecule has 1 fully saturated rings. The van der Waals surface area contributed by atoms with Gasteiger partial charge in [-0.3, -0.25) is 9.59 Å². The lowest BCUT2D eigenvalue weighted by Gasteiger charge is -2.32. The molecular weight excluding hydrogens is 407 g/mol. The number of carbonyl (C=O) groups is 2. The van der Waals surface area contributed by atoms with Crippen molar-refractivity contribution >= 4 is 34.7 Å². The van der Waals surface area contributed by atoms with Gasteiger partial charge in [-0.1, -0.05) is 36.7 Å². The summed E-state index contributed by atoms with van der Waals surface area (Å²) in [6, 6.07) is 11.0. The van der Waals surface area contributed by atoms with Gasteiger partial charge in [0.2, 0.25) is 0 Å². The molecular formula is C23H22ClFN2O3. The second-order valence-corrected chi connectivity index (χ2v) is 8.04. The van der Waals surface area contributed by atoms with E-state index in [2.05, 4.69) is 6.92 Å². The Hall–Kier alpha value is -2.86. The Morgan fingerprint density at radius 2 is 1.77 bits per heavy atom. The maximum absolute atomic E-state index is 13.7. The Bertz CT molecular complexity index is 1040. The number of amides is 2. The van der Waals surface area contributed by atoms with Gasteiger partial charge in [0.25, 0.3) is 11.8 Å². The van der Waals surface area contributed by atoms with Crippen LogP contribution in [0.5, 0.6) is 5.75 Å². The van der Waals surface area contributed by atoms with Crippen LogP contribution in [-0.4, -0.2) is 36.9 Å². The Morgan fingerprint density at radius 1 is 1.07 bits per heavy atom. The number of carbonyl (C=O) groups excluding carboxylic acids is 2. The molecule has 0 saturated carbocycles. The van der Waals surface area contributed by atoms with Gasteiger partial charge in [-0.15, -0.1) is 0 Å². The maximum Gasteiger partial charge on any atom is 0.282 e. The summed E-state index contributed by atoms with van der Waals surface area (Å²) in [5.41, 5.74) is 1.45. The lowest BCUT2D eigenvalue weighted by molar-refractivity contribution is -0.120. The molecule has 2 aliphatic heterocycles. The van der Waals surface area contributed by atoms with Gasteiger partial charge >= 0.3 is 0 Å². The second kappa shape index (κ2) is 8.11. The molecule has 0 aromatic heterocycles. The first-order valence-electron chi connectivity index (χ1n) is 9.88. The third kappa shape index (κ3) is 3.45. The number of benzene rings is 2. The molecule has 4 rings (SSSR count). The molecule has 2 aromatic rings. The normalized spacial score (nSPS) is 17.9. The first kappa shape index (κ1) is 20.4. The number of rotatable bonds is 4. The zero-order chi connectivity index (χ0) is 21.4. The number of hydrogen-bond acceptors (Lipinski definition) is 4. The molecule has 0 spiro atoms. The minimum atomic E-state index is -0.609. The number of methoxy groups -OCH3 is 1. The van der Waals surface area contributed by atoms with Crippen molar-refractivity contribution in [3.8, 4) is 5.75 Å². The number of ether oxygens (including phenoxy) is 1. The highest BCUT2D eigenvalue weighted by Crippen LogP contribution is 2.39. The number of piperidine rings is 1. The summed E-state index contributed by atoms with van der Waals surface area (Å²) in [5.74, 6) is -0.437. The quantitative estimate of drug-likeness (QED) is 0.672. The van der Waals surface area contributed by atoms with E-state index in [1.165, 1.54) is 19.2 Å². The monoisotopic (exact) mass is 428 g/mol. The van der Waals surface area contributed by atoms with Gasteiger partial charge in [0, 0.05) is 18.7 Å². The third-order valence-electron chi connectivity index (χ3n) is 5.70. The van der Waals surface area contributed by atoms with Crippen LogP contribution in [0.25, 0.3) is 5.57 Å². The molecule has 0 N–H and O–H groups in total. The van der Waals surface area contributed by atoms with E-state index >= 15 is 0 Å². The first-order valence-corrected chi connectivity index (χ1v) is 10.3. The summed E-state index contributed by atoms with van der Waals surface area (Å²) >= 11 is 5.92. The molecule has 7 heteroatoms.